The molecule has 2 aromatic rings. The Morgan fingerprint density at radius 3 is 2.53 bits per heavy atom. The van der Waals surface area contributed by atoms with E-state index in [-0.39, 0.29) is 0 Å². The summed E-state index contributed by atoms with van der Waals surface area (Å²) in [5.74, 6) is 0. The molecule has 19 heavy (non-hydrogen) atoms. The van der Waals surface area contributed by atoms with Crippen molar-refractivity contribution >= 4 is 11.6 Å². The molecule has 0 aliphatic heterocycles. The molecule has 0 heterocycles. The van der Waals surface area contributed by atoms with Crippen LogP contribution in [-0.4, -0.2) is 5.11 Å². The summed E-state index contributed by atoms with van der Waals surface area (Å²) >= 11 is 0. The summed E-state index contributed by atoms with van der Waals surface area (Å²) in [6, 6.07) is 18.3. The molecule has 1 aliphatic carbocycles. The van der Waals surface area contributed by atoms with Crippen molar-refractivity contribution in [3.63, 3.8) is 0 Å². The number of hydrogen-bond acceptors (Lipinski definition) is 1. The van der Waals surface area contributed by atoms with Gasteiger partial charge in [-0.15, -0.1) is 0 Å². The van der Waals surface area contributed by atoms with Gasteiger partial charge in [0.2, 0.25) is 0 Å². The maximum atomic E-state index is 9.97. The molecule has 0 amide bonds. The first-order valence-corrected chi connectivity index (χ1v) is 6.54. The number of aliphatic hydroxyl groups excluding tert-OH is 1. The number of allylic oxidation sites excluding steroid dienone is 2. The minimum Gasteiger partial charge on any atom is -0.384 e. The van der Waals surface area contributed by atoms with Crippen molar-refractivity contribution < 1.29 is 5.11 Å². The average molecular weight is 248 g/mol. The van der Waals surface area contributed by atoms with Crippen LogP contribution in [0.25, 0.3) is 11.6 Å². The Morgan fingerprint density at radius 2 is 1.68 bits per heavy atom. The number of fused-ring (bicyclic) bond motifs is 1. The third kappa shape index (κ3) is 2.51. The van der Waals surface area contributed by atoms with Gasteiger partial charge in [0.25, 0.3) is 0 Å². The maximum Gasteiger partial charge on any atom is 0.0983 e. The van der Waals surface area contributed by atoms with E-state index in [1.54, 1.807) is 0 Å². The molecule has 1 heteroatoms. The first-order valence-electron chi connectivity index (χ1n) is 6.54. The molecule has 2 aromatic carbocycles. The first kappa shape index (κ1) is 11.9. The average Bonchev–Trinajstić information content (AvgIpc) is 2.78. The van der Waals surface area contributed by atoms with Gasteiger partial charge in [0.15, 0.2) is 0 Å². The van der Waals surface area contributed by atoms with E-state index < -0.39 is 6.10 Å². The van der Waals surface area contributed by atoms with Crippen LogP contribution in [0.4, 0.5) is 0 Å². The Kier molecular flexibility index (Phi) is 3.30. The normalized spacial score (nSPS) is 17.5. The molecule has 1 N–H and O–H groups in total. The lowest BCUT2D eigenvalue weighted by molar-refractivity contribution is 0.232. The summed E-state index contributed by atoms with van der Waals surface area (Å²) in [5.41, 5.74) is 4.60. The van der Waals surface area contributed by atoms with E-state index >= 15 is 0 Å². The molecule has 94 valence electrons. The quantitative estimate of drug-likeness (QED) is 0.862. The fraction of sp³-hybridized carbons (Fsp3) is 0.111. The van der Waals surface area contributed by atoms with Crippen LogP contribution in [0, 0.1) is 0 Å². The lowest BCUT2D eigenvalue weighted by atomic mass is 10.0. The largest absolute Gasteiger partial charge is 0.384 e. The van der Waals surface area contributed by atoms with Gasteiger partial charge in [-0.05, 0) is 34.8 Å². The molecule has 0 radical (unpaired) electrons. The van der Waals surface area contributed by atoms with E-state index in [0.717, 1.165) is 12.0 Å². The zero-order valence-electron chi connectivity index (χ0n) is 10.7. The third-order valence-corrected chi connectivity index (χ3v) is 3.43. The first-order chi connectivity index (χ1) is 9.34. The molecular formula is C18H16O. The van der Waals surface area contributed by atoms with Gasteiger partial charge in [-0.2, -0.15) is 0 Å². The van der Waals surface area contributed by atoms with E-state index in [1.807, 2.05) is 42.5 Å². The highest BCUT2D eigenvalue weighted by molar-refractivity contribution is 5.75. The Bertz CT molecular complexity index is 623. The zero-order valence-corrected chi connectivity index (χ0v) is 10.7. The second-order valence-electron chi connectivity index (χ2n) is 4.74. The van der Waals surface area contributed by atoms with Crippen LogP contribution < -0.4 is 0 Å². The molecule has 0 fully saturated rings. The molecule has 0 saturated carbocycles. The lowest BCUT2D eigenvalue weighted by Crippen LogP contribution is -1.89. The highest BCUT2D eigenvalue weighted by atomic mass is 16.3. The van der Waals surface area contributed by atoms with Gasteiger partial charge < -0.3 is 5.11 Å². The van der Waals surface area contributed by atoms with Gasteiger partial charge in [0.1, 0.15) is 0 Å². The summed E-state index contributed by atoms with van der Waals surface area (Å²) in [6.07, 6.45) is 6.61. The topological polar surface area (TPSA) is 20.2 Å². The maximum absolute atomic E-state index is 9.97. The molecular weight excluding hydrogens is 232 g/mol. The standard InChI is InChI=1S/C18H16O/c19-18-13-15(16-11-4-5-12-17(16)18)10-6-9-14-7-2-1-3-8-14/h1-9,11-13,18-19H,10H2. The highest BCUT2D eigenvalue weighted by Crippen LogP contribution is 2.36. The Morgan fingerprint density at radius 1 is 0.947 bits per heavy atom. The van der Waals surface area contributed by atoms with Crippen molar-refractivity contribution in [1.82, 2.24) is 0 Å². The number of benzene rings is 2. The fourth-order valence-corrected chi connectivity index (χ4v) is 2.48. The van der Waals surface area contributed by atoms with Crippen molar-refractivity contribution in [1.29, 1.82) is 0 Å². The van der Waals surface area contributed by atoms with Gasteiger partial charge in [0.05, 0.1) is 6.10 Å². The summed E-state index contributed by atoms with van der Waals surface area (Å²) in [6.45, 7) is 0. The van der Waals surface area contributed by atoms with Crippen LogP contribution in [0.5, 0.6) is 0 Å². The molecule has 3 rings (SSSR count). The molecule has 0 spiro atoms. The molecule has 0 aromatic heterocycles. The number of hydrogen-bond donors (Lipinski definition) is 1. The van der Waals surface area contributed by atoms with Crippen molar-refractivity contribution in [2.45, 2.75) is 12.5 Å². The zero-order chi connectivity index (χ0) is 13.1. The van der Waals surface area contributed by atoms with Crippen molar-refractivity contribution in [2.75, 3.05) is 0 Å². The smallest absolute Gasteiger partial charge is 0.0983 e. The van der Waals surface area contributed by atoms with Crippen LogP contribution in [0.15, 0.2) is 66.7 Å². The predicted octanol–water partition coefficient (Wildman–Crippen LogP) is 4.22. The summed E-state index contributed by atoms with van der Waals surface area (Å²) in [4.78, 5) is 0. The predicted molar refractivity (Wildman–Crippen MR) is 79.5 cm³/mol. The monoisotopic (exact) mass is 248 g/mol. The SMILES string of the molecule is OC1C=C(CC=Cc2ccccc2)c2ccccc21. The number of rotatable bonds is 3. The van der Waals surface area contributed by atoms with Crippen LogP contribution in [0.1, 0.15) is 29.2 Å². The van der Waals surface area contributed by atoms with Gasteiger partial charge in [-0.25, -0.2) is 0 Å². The van der Waals surface area contributed by atoms with Gasteiger partial charge in [-0.1, -0.05) is 66.7 Å². The summed E-state index contributed by atoms with van der Waals surface area (Å²) < 4.78 is 0. The van der Waals surface area contributed by atoms with Crippen molar-refractivity contribution in [3.05, 3.63) is 83.4 Å². The van der Waals surface area contributed by atoms with E-state index in [4.69, 9.17) is 0 Å². The fourth-order valence-electron chi connectivity index (χ4n) is 2.48. The molecule has 1 aliphatic rings. The van der Waals surface area contributed by atoms with Crippen LogP contribution >= 0.6 is 0 Å². The highest BCUT2D eigenvalue weighted by Gasteiger charge is 2.19. The third-order valence-electron chi connectivity index (χ3n) is 3.43. The minimum atomic E-state index is -0.448. The molecule has 0 saturated heterocycles. The van der Waals surface area contributed by atoms with E-state index in [1.165, 1.54) is 16.7 Å². The lowest BCUT2D eigenvalue weighted by Gasteiger charge is -2.03. The summed E-state index contributed by atoms with van der Waals surface area (Å²) in [7, 11) is 0. The molecule has 1 nitrogen and oxygen atoms in total. The van der Waals surface area contributed by atoms with Gasteiger partial charge >= 0.3 is 0 Å². The van der Waals surface area contributed by atoms with Crippen LogP contribution in [0.2, 0.25) is 0 Å². The Balaban J connectivity index is 1.75. The van der Waals surface area contributed by atoms with Crippen molar-refractivity contribution in [2.24, 2.45) is 0 Å². The van der Waals surface area contributed by atoms with E-state index in [2.05, 4.69) is 30.4 Å². The Hall–Kier alpha value is -2.12. The van der Waals surface area contributed by atoms with E-state index in [9.17, 15) is 5.11 Å². The van der Waals surface area contributed by atoms with Crippen LogP contribution in [0.3, 0.4) is 0 Å². The second kappa shape index (κ2) is 5.25. The van der Waals surface area contributed by atoms with Gasteiger partial charge in [0, 0.05) is 0 Å². The molecule has 1 atom stereocenters. The minimum absolute atomic E-state index is 0.448. The Labute approximate surface area is 113 Å². The summed E-state index contributed by atoms with van der Waals surface area (Å²) in [5, 5.41) is 9.97. The van der Waals surface area contributed by atoms with Crippen molar-refractivity contribution in [3.8, 4) is 0 Å². The van der Waals surface area contributed by atoms with Crippen LogP contribution in [-0.2, 0) is 0 Å². The molecule has 1 unspecified atom stereocenters. The molecule has 0 bridgehead atoms. The van der Waals surface area contributed by atoms with Gasteiger partial charge in [-0.3, -0.25) is 0 Å². The number of aliphatic hydroxyl groups is 1. The second-order valence-corrected chi connectivity index (χ2v) is 4.74. The van der Waals surface area contributed by atoms with E-state index in [0.29, 0.717) is 0 Å².